The Kier molecular flexibility index (Phi) is 5.02. The number of carbonyl (C=O) groups excluding carboxylic acids is 2. The summed E-state index contributed by atoms with van der Waals surface area (Å²) >= 11 is 0. The quantitative estimate of drug-likeness (QED) is 0.636. The Labute approximate surface area is 123 Å². The summed E-state index contributed by atoms with van der Waals surface area (Å²) in [4.78, 5) is 23.3. The summed E-state index contributed by atoms with van der Waals surface area (Å²) in [5.74, 6) is -1.15. The smallest absolute Gasteiger partial charge is 0.344 e. The minimum atomic E-state index is -0.695. The molecule has 0 aliphatic rings. The van der Waals surface area contributed by atoms with E-state index in [0.717, 1.165) is 0 Å². The van der Waals surface area contributed by atoms with Gasteiger partial charge in [-0.1, -0.05) is 0 Å². The van der Waals surface area contributed by atoms with Crippen LogP contribution in [0.5, 0.6) is 5.75 Å². The summed E-state index contributed by atoms with van der Waals surface area (Å²) in [6.45, 7) is 4.87. The van der Waals surface area contributed by atoms with Crippen molar-refractivity contribution in [3.63, 3.8) is 0 Å². The second kappa shape index (κ2) is 6.34. The summed E-state index contributed by atoms with van der Waals surface area (Å²) in [6, 6.07) is 2.93. The molecule has 0 saturated carbocycles. The number of benzene rings is 1. The molecule has 0 radical (unpaired) electrons. The molecule has 0 fully saturated rings. The molecule has 0 aromatic heterocycles. The normalized spacial score (nSPS) is 10.9. The molecule has 1 aromatic carbocycles. The molecular weight excluding hydrogens is 276 g/mol. The number of rotatable bonds is 4. The lowest BCUT2D eigenvalue weighted by Gasteiger charge is -2.20. The second-order valence-corrected chi connectivity index (χ2v) is 5.31. The van der Waals surface area contributed by atoms with E-state index in [1.807, 2.05) is 0 Å². The SMILES string of the molecule is COC(=O)c1c(OCC(=O)OC(C)(C)C)ccc(N)c1N. The molecule has 7 heteroatoms. The van der Waals surface area contributed by atoms with Gasteiger partial charge >= 0.3 is 11.9 Å². The summed E-state index contributed by atoms with van der Waals surface area (Å²) in [5, 5.41) is 0. The molecule has 0 aliphatic carbocycles. The van der Waals surface area contributed by atoms with E-state index in [1.54, 1.807) is 20.8 Å². The van der Waals surface area contributed by atoms with Crippen LogP contribution in [0.2, 0.25) is 0 Å². The van der Waals surface area contributed by atoms with Gasteiger partial charge in [0.1, 0.15) is 16.9 Å². The van der Waals surface area contributed by atoms with Crippen molar-refractivity contribution in [3.05, 3.63) is 17.7 Å². The highest BCUT2D eigenvalue weighted by Gasteiger charge is 2.21. The van der Waals surface area contributed by atoms with E-state index in [0.29, 0.717) is 0 Å². The van der Waals surface area contributed by atoms with E-state index >= 15 is 0 Å². The number of hydrogen-bond acceptors (Lipinski definition) is 7. The molecule has 7 nitrogen and oxygen atoms in total. The third-order valence-electron chi connectivity index (χ3n) is 2.40. The van der Waals surface area contributed by atoms with Crippen molar-refractivity contribution in [3.8, 4) is 5.75 Å². The Morgan fingerprint density at radius 3 is 2.33 bits per heavy atom. The third-order valence-corrected chi connectivity index (χ3v) is 2.40. The fraction of sp³-hybridized carbons (Fsp3) is 0.429. The van der Waals surface area contributed by atoms with Gasteiger partial charge < -0.3 is 25.7 Å². The zero-order valence-corrected chi connectivity index (χ0v) is 12.6. The Hall–Kier alpha value is -2.44. The highest BCUT2D eigenvalue weighted by Crippen LogP contribution is 2.30. The number of ether oxygens (including phenoxy) is 3. The molecule has 0 amide bonds. The van der Waals surface area contributed by atoms with Crippen LogP contribution in [-0.4, -0.2) is 31.3 Å². The molecule has 0 unspecified atom stereocenters. The molecule has 116 valence electrons. The first-order chi connectivity index (χ1) is 9.65. The van der Waals surface area contributed by atoms with Gasteiger partial charge in [0.05, 0.1) is 18.5 Å². The maximum Gasteiger partial charge on any atom is 0.344 e. The van der Waals surface area contributed by atoms with Crippen molar-refractivity contribution in [2.75, 3.05) is 25.2 Å². The van der Waals surface area contributed by atoms with Crippen molar-refractivity contribution in [2.24, 2.45) is 0 Å². The minimum absolute atomic E-state index is 0.0129. The molecule has 0 aliphatic heterocycles. The van der Waals surface area contributed by atoms with Crippen molar-refractivity contribution in [2.45, 2.75) is 26.4 Å². The van der Waals surface area contributed by atoms with Crippen LogP contribution in [0.1, 0.15) is 31.1 Å². The van der Waals surface area contributed by atoms with Crippen LogP contribution in [0.15, 0.2) is 12.1 Å². The topological polar surface area (TPSA) is 114 Å². The highest BCUT2D eigenvalue weighted by molar-refractivity contribution is 6.01. The van der Waals surface area contributed by atoms with Crippen LogP contribution < -0.4 is 16.2 Å². The number of esters is 2. The van der Waals surface area contributed by atoms with Crippen molar-refractivity contribution < 1.29 is 23.8 Å². The fourth-order valence-electron chi connectivity index (χ4n) is 1.56. The van der Waals surface area contributed by atoms with E-state index in [2.05, 4.69) is 4.74 Å². The van der Waals surface area contributed by atoms with Gasteiger partial charge in [0, 0.05) is 0 Å². The zero-order valence-electron chi connectivity index (χ0n) is 12.6. The predicted molar refractivity (Wildman–Crippen MR) is 77.9 cm³/mol. The number of nitrogen functional groups attached to an aromatic ring is 2. The first-order valence-corrected chi connectivity index (χ1v) is 6.26. The Morgan fingerprint density at radius 1 is 1.19 bits per heavy atom. The van der Waals surface area contributed by atoms with Gasteiger partial charge in [0.2, 0.25) is 0 Å². The molecule has 0 atom stereocenters. The largest absolute Gasteiger partial charge is 0.481 e. The number of anilines is 2. The monoisotopic (exact) mass is 296 g/mol. The van der Waals surface area contributed by atoms with Gasteiger partial charge in [-0.05, 0) is 32.9 Å². The summed E-state index contributed by atoms with van der Waals surface area (Å²) in [7, 11) is 1.21. The molecule has 1 aromatic rings. The maximum atomic E-state index is 11.7. The standard InChI is InChI=1S/C14H20N2O5/c1-14(2,3)21-10(17)7-20-9-6-5-8(15)12(16)11(9)13(18)19-4/h5-6H,7,15-16H2,1-4H3. The molecule has 21 heavy (non-hydrogen) atoms. The van der Waals surface area contributed by atoms with E-state index in [9.17, 15) is 9.59 Å². The van der Waals surface area contributed by atoms with Crippen LogP contribution in [0.3, 0.4) is 0 Å². The first kappa shape index (κ1) is 16.6. The molecule has 0 spiro atoms. The van der Waals surface area contributed by atoms with Crippen LogP contribution >= 0.6 is 0 Å². The number of methoxy groups -OCH3 is 1. The van der Waals surface area contributed by atoms with Gasteiger partial charge in [-0.2, -0.15) is 0 Å². The predicted octanol–water partition coefficient (Wildman–Crippen LogP) is 1.36. The third kappa shape index (κ3) is 4.55. The van der Waals surface area contributed by atoms with Crippen LogP contribution in [0, 0.1) is 0 Å². The lowest BCUT2D eigenvalue weighted by atomic mass is 10.1. The lowest BCUT2D eigenvalue weighted by Crippen LogP contribution is -2.27. The first-order valence-electron chi connectivity index (χ1n) is 6.26. The molecule has 0 bridgehead atoms. The average Bonchev–Trinajstić information content (AvgIpc) is 2.37. The van der Waals surface area contributed by atoms with Crippen LogP contribution in [-0.2, 0) is 14.3 Å². The van der Waals surface area contributed by atoms with Gasteiger partial charge in [-0.3, -0.25) is 0 Å². The Bertz CT molecular complexity index is 549. The number of nitrogens with two attached hydrogens (primary N) is 2. The van der Waals surface area contributed by atoms with E-state index in [4.69, 9.17) is 20.9 Å². The molecule has 0 saturated heterocycles. The summed E-state index contributed by atoms with van der Waals surface area (Å²) in [6.07, 6.45) is 0. The summed E-state index contributed by atoms with van der Waals surface area (Å²) < 4.78 is 15.0. The van der Waals surface area contributed by atoms with Crippen LogP contribution in [0.4, 0.5) is 11.4 Å². The molecule has 1 rings (SSSR count). The lowest BCUT2D eigenvalue weighted by molar-refractivity contribution is -0.157. The van der Waals surface area contributed by atoms with E-state index in [-0.39, 0.29) is 29.3 Å². The maximum absolute atomic E-state index is 11.7. The average molecular weight is 296 g/mol. The number of hydrogen-bond donors (Lipinski definition) is 2. The van der Waals surface area contributed by atoms with E-state index < -0.39 is 17.5 Å². The fourth-order valence-corrected chi connectivity index (χ4v) is 1.56. The molecular formula is C14H20N2O5. The van der Waals surface area contributed by atoms with Gasteiger partial charge in [0.15, 0.2) is 6.61 Å². The van der Waals surface area contributed by atoms with Crippen LogP contribution in [0.25, 0.3) is 0 Å². The highest BCUT2D eigenvalue weighted by atomic mass is 16.6. The minimum Gasteiger partial charge on any atom is -0.481 e. The molecule has 0 heterocycles. The molecule has 4 N–H and O–H groups in total. The van der Waals surface area contributed by atoms with Gasteiger partial charge in [-0.25, -0.2) is 9.59 Å². The van der Waals surface area contributed by atoms with Gasteiger partial charge in [0.25, 0.3) is 0 Å². The van der Waals surface area contributed by atoms with Crippen molar-refractivity contribution in [1.29, 1.82) is 0 Å². The van der Waals surface area contributed by atoms with Crippen molar-refractivity contribution >= 4 is 23.3 Å². The van der Waals surface area contributed by atoms with E-state index in [1.165, 1.54) is 19.2 Å². The Balaban J connectivity index is 2.92. The van der Waals surface area contributed by atoms with Gasteiger partial charge in [-0.15, -0.1) is 0 Å². The second-order valence-electron chi connectivity index (χ2n) is 5.31. The summed E-state index contributed by atoms with van der Waals surface area (Å²) in [5.41, 5.74) is 11.0. The number of carbonyl (C=O) groups is 2. The zero-order chi connectivity index (χ0) is 16.2. The van der Waals surface area contributed by atoms with Crippen molar-refractivity contribution in [1.82, 2.24) is 0 Å². The Morgan fingerprint density at radius 2 is 1.81 bits per heavy atom.